The number of nitrogens with zero attached hydrogens (tertiary/aromatic N) is 3. The minimum atomic E-state index is -0.353. The van der Waals surface area contributed by atoms with E-state index in [1.165, 1.54) is 0 Å². The summed E-state index contributed by atoms with van der Waals surface area (Å²) in [4.78, 5) is 22.6. The van der Waals surface area contributed by atoms with Crippen molar-refractivity contribution in [1.82, 2.24) is 9.97 Å². The van der Waals surface area contributed by atoms with Crippen LogP contribution < -0.4 is 10.2 Å². The van der Waals surface area contributed by atoms with E-state index >= 15 is 0 Å². The lowest BCUT2D eigenvalue weighted by atomic mass is 9.99. The first kappa shape index (κ1) is 16.2. The lowest BCUT2D eigenvalue weighted by Gasteiger charge is -2.25. The minimum absolute atomic E-state index is 0.0330. The fraction of sp³-hybridized carbons (Fsp3) is 0.389. The molecule has 0 saturated carbocycles. The zero-order valence-corrected chi connectivity index (χ0v) is 14.1. The van der Waals surface area contributed by atoms with Crippen LogP contribution in [0, 0.1) is 5.92 Å². The number of rotatable bonds is 5. The Bertz CT molecular complexity index is 705. The van der Waals surface area contributed by atoms with E-state index in [1.54, 1.807) is 17.2 Å². The van der Waals surface area contributed by atoms with Gasteiger partial charge in [0, 0.05) is 12.7 Å². The summed E-state index contributed by atoms with van der Waals surface area (Å²) >= 11 is 0. The maximum absolute atomic E-state index is 12.2. The number of aromatic nitrogens is 2. The Labute approximate surface area is 141 Å². The highest BCUT2D eigenvalue weighted by Crippen LogP contribution is 2.30. The van der Waals surface area contributed by atoms with Crippen molar-refractivity contribution >= 4 is 17.9 Å². The van der Waals surface area contributed by atoms with Gasteiger partial charge in [-0.15, -0.1) is 0 Å². The van der Waals surface area contributed by atoms with Crippen molar-refractivity contribution in [2.75, 3.05) is 10.2 Å². The third kappa shape index (κ3) is 3.32. The van der Waals surface area contributed by atoms with Gasteiger partial charge in [-0.3, -0.25) is 4.90 Å². The monoisotopic (exact) mass is 326 g/mol. The van der Waals surface area contributed by atoms with E-state index in [4.69, 9.17) is 4.74 Å². The van der Waals surface area contributed by atoms with Gasteiger partial charge in [-0.2, -0.15) is 4.98 Å². The molecule has 2 heterocycles. The Hall–Kier alpha value is -2.63. The number of ether oxygens (including phenoxy) is 1. The van der Waals surface area contributed by atoms with Crippen LogP contribution in [0.4, 0.5) is 16.6 Å². The largest absolute Gasteiger partial charge is 0.444 e. The molecule has 1 N–H and O–H groups in total. The maximum Gasteiger partial charge on any atom is 0.416 e. The molecule has 0 radical (unpaired) electrons. The van der Waals surface area contributed by atoms with E-state index in [9.17, 15) is 4.79 Å². The molecule has 0 bridgehead atoms. The van der Waals surface area contributed by atoms with Crippen molar-refractivity contribution < 1.29 is 9.53 Å². The molecule has 2 atom stereocenters. The van der Waals surface area contributed by atoms with Crippen molar-refractivity contribution in [2.24, 2.45) is 5.92 Å². The highest BCUT2D eigenvalue weighted by molar-refractivity contribution is 5.89. The molecule has 1 aliphatic rings. The van der Waals surface area contributed by atoms with Gasteiger partial charge in [0.05, 0.1) is 6.04 Å². The molecular formula is C18H22N4O2. The summed E-state index contributed by atoms with van der Waals surface area (Å²) in [6.07, 6.45) is 1.14. The van der Waals surface area contributed by atoms with Gasteiger partial charge < -0.3 is 10.1 Å². The molecular weight excluding hydrogens is 304 g/mol. The second-order valence-electron chi connectivity index (χ2n) is 6.27. The van der Waals surface area contributed by atoms with Gasteiger partial charge in [0.25, 0.3) is 0 Å². The molecule has 1 aromatic heterocycles. The standard InChI is InChI=1S/C18H22N4O2/c1-12(2)16-13(3)24-18(23)22(16)15-9-10-19-17(21-15)20-11-14-7-5-4-6-8-14/h4-10,12-13,16H,11H2,1-3H3,(H,19,20,21). The lowest BCUT2D eigenvalue weighted by Crippen LogP contribution is -2.40. The predicted octanol–water partition coefficient (Wildman–Crippen LogP) is 3.46. The number of hydrogen-bond acceptors (Lipinski definition) is 5. The lowest BCUT2D eigenvalue weighted by molar-refractivity contribution is 0.136. The van der Waals surface area contributed by atoms with Crippen LogP contribution in [0.5, 0.6) is 0 Å². The molecule has 6 heteroatoms. The first-order chi connectivity index (χ1) is 11.6. The summed E-state index contributed by atoms with van der Waals surface area (Å²) in [6, 6.07) is 11.7. The summed E-state index contributed by atoms with van der Waals surface area (Å²) in [5.74, 6) is 1.32. The third-order valence-electron chi connectivity index (χ3n) is 4.13. The van der Waals surface area contributed by atoms with E-state index < -0.39 is 0 Å². The number of cyclic esters (lactones) is 1. The molecule has 2 aromatic rings. The van der Waals surface area contributed by atoms with Crippen molar-refractivity contribution in [1.29, 1.82) is 0 Å². The molecule has 0 spiro atoms. The Kier molecular flexibility index (Phi) is 4.64. The Morgan fingerprint density at radius 3 is 2.71 bits per heavy atom. The first-order valence-corrected chi connectivity index (χ1v) is 8.17. The highest BCUT2D eigenvalue weighted by Gasteiger charge is 2.42. The summed E-state index contributed by atoms with van der Waals surface area (Å²) in [6.45, 7) is 6.69. The second kappa shape index (κ2) is 6.86. The zero-order chi connectivity index (χ0) is 17.1. The molecule has 3 rings (SSSR count). The number of carbonyl (C=O) groups is 1. The molecule has 126 valence electrons. The number of nitrogens with one attached hydrogen (secondary N) is 1. The van der Waals surface area contributed by atoms with Gasteiger partial charge in [-0.25, -0.2) is 9.78 Å². The second-order valence-corrected chi connectivity index (χ2v) is 6.27. The van der Waals surface area contributed by atoms with Crippen molar-refractivity contribution in [3.63, 3.8) is 0 Å². The SMILES string of the molecule is CC(C)C1C(C)OC(=O)N1c1ccnc(NCc2ccccc2)n1. The van der Waals surface area contributed by atoms with Crippen LogP contribution in [-0.4, -0.2) is 28.2 Å². The quantitative estimate of drug-likeness (QED) is 0.911. The summed E-state index contributed by atoms with van der Waals surface area (Å²) in [5, 5.41) is 3.19. The number of anilines is 2. The highest BCUT2D eigenvalue weighted by atomic mass is 16.6. The summed E-state index contributed by atoms with van der Waals surface area (Å²) < 4.78 is 5.38. The topological polar surface area (TPSA) is 67.3 Å². The molecule has 0 aliphatic carbocycles. The van der Waals surface area contributed by atoms with Gasteiger partial charge in [-0.1, -0.05) is 44.2 Å². The van der Waals surface area contributed by atoms with Crippen LogP contribution in [0.25, 0.3) is 0 Å². The van der Waals surface area contributed by atoms with Crippen molar-refractivity contribution in [2.45, 2.75) is 39.5 Å². The maximum atomic E-state index is 12.2. The third-order valence-corrected chi connectivity index (χ3v) is 4.13. The van der Waals surface area contributed by atoms with Crippen LogP contribution in [-0.2, 0) is 11.3 Å². The molecule has 1 amide bonds. The van der Waals surface area contributed by atoms with Crippen LogP contribution in [0.15, 0.2) is 42.6 Å². The molecule has 24 heavy (non-hydrogen) atoms. The molecule has 1 saturated heterocycles. The van der Waals surface area contributed by atoms with E-state index in [-0.39, 0.29) is 24.2 Å². The van der Waals surface area contributed by atoms with Gasteiger partial charge >= 0.3 is 6.09 Å². The number of amides is 1. The fourth-order valence-electron chi connectivity index (χ4n) is 3.05. The average molecular weight is 326 g/mol. The van der Waals surface area contributed by atoms with E-state index in [0.717, 1.165) is 5.56 Å². The molecule has 1 aliphatic heterocycles. The Balaban J connectivity index is 1.78. The van der Waals surface area contributed by atoms with E-state index in [2.05, 4.69) is 29.1 Å². The van der Waals surface area contributed by atoms with Crippen molar-refractivity contribution in [3.8, 4) is 0 Å². The minimum Gasteiger partial charge on any atom is -0.444 e. The summed E-state index contributed by atoms with van der Waals surface area (Å²) in [5.41, 5.74) is 1.14. The Morgan fingerprint density at radius 2 is 2.00 bits per heavy atom. The first-order valence-electron chi connectivity index (χ1n) is 8.17. The normalized spacial score (nSPS) is 20.3. The molecule has 1 aromatic carbocycles. The van der Waals surface area contributed by atoms with Crippen LogP contribution >= 0.6 is 0 Å². The van der Waals surface area contributed by atoms with Gasteiger partial charge in [0.1, 0.15) is 11.9 Å². The van der Waals surface area contributed by atoms with Crippen LogP contribution in [0.2, 0.25) is 0 Å². The average Bonchev–Trinajstić information content (AvgIpc) is 2.88. The number of carbonyl (C=O) groups excluding carboxylic acids is 1. The van der Waals surface area contributed by atoms with Crippen molar-refractivity contribution in [3.05, 3.63) is 48.2 Å². The fourth-order valence-corrected chi connectivity index (χ4v) is 3.05. The van der Waals surface area contributed by atoms with E-state index in [0.29, 0.717) is 18.3 Å². The van der Waals surface area contributed by atoms with Crippen LogP contribution in [0.1, 0.15) is 26.3 Å². The van der Waals surface area contributed by atoms with Gasteiger partial charge in [-0.05, 0) is 24.5 Å². The smallest absolute Gasteiger partial charge is 0.416 e. The number of hydrogen-bond donors (Lipinski definition) is 1. The van der Waals surface area contributed by atoms with Gasteiger partial charge in [0.2, 0.25) is 5.95 Å². The molecule has 1 fully saturated rings. The van der Waals surface area contributed by atoms with Crippen LogP contribution in [0.3, 0.4) is 0 Å². The number of benzene rings is 1. The molecule has 6 nitrogen and oxygen atoms in total. The Morgan fingerprint density at radius 1 is 1.25 bits per heavy atom. The molecule has 2 unspecified atom stereocenters. The zero-order valence-electron chi connectivity index (χ0n) is 14.1. The predicted molar refractivity (Wildman–Crippen MR) is 92.8 cm³/mol. The summed E-state index contributed by atoms with van der Waals surface area (Å²) in [7, 11) is 0. The van der Waals surface area contributed by atoms with E-state index in [1.807, 2.05) is 37.3 Å². The van der Waals surface area contributed by atoms with Gasteiger partial charge in [0.15, 0.2) is 0 Å².